The zero-order chi connectivity index (χ0) is 20.0. The Bertz CT molecular complexity index is 1120. The first kappa shape index (κ1) is 18.4. The summed E-state index contributed by atoms with van der Waals surface area (Å²) in [6.07, 6.45) is 1.54. The molecule has 2 aliphatic rings. The van der Waals surface area contributed by atoms with Crippen LogP contribution in [0, 0.1) is 13.8 Å². The van der Waals surface area contributed by atoms with Gasteiger partial charge in [-0.2, -0.15) is 0 Å². The van der Waals surface area contributed by atoms with E-state index in [1.54, 1.807) is 0 Å². The number of benzene rings is 1. The van der Waals surface area contributed by atoms with Crippen LogP contribution in [0.15, 0.2) is 21.9 Å². The quantitative estimate of drug-likeness (QED) is 0.810. The lowest BCUT2D eigenvalue weighted by molar-refractivity contribution is -0.142. The smallest absolute Gasteiger partial charge is 0.320 e. The highest BCUT2D eigenvalue weighted by molar-refractivity contribution is 5.77. The van der Waals surface area contributed by atoms with Crippen LogP contribution in [0.1, 0.15) is 24.0 Å². The third kappa shape index (κ3) is 3.09. The van der Waals surface area contributed by atoms with Gasteiger partial charge in [0.15, 0.2) is 11.2 Å². The van der Waals surface area contributed by atoms with Crippen LogP contribution >= 0.6 is 0 Å². The number of carbonyl (C=O) groups is 1. The maximum absolute atomic E-state index is 12.4. The van der Waals surface area contributed by atoms with E-state index in [0.29, 0.717) is 25.3 Å². The Morgan fingerprint density at radius 2 is 2.07 bits per heavy atom. The van der Waals surface area contributed by atoms with E-state index in [4.69, 9.17) is 0 Å². The molecule has 0 saturated carbocycles. The van der Waals surface area contributed by atoms with Crippen LogP contribution in [0.4, 0.5) is 17.2 Å². The fourth-order valence-corrected chi connectivity index (χ4v) is 3.94. The molecule has 1 aromatic carbocycles. The molecule has 28 heavy (non-hydrogen) atoms. The third-order valence-corrected chi connectivity index (χ3v) is 5.55. The summed E-state index contributed by atoms with van der Waals surface area (Å²) in [6, 6.07) is 3.55. The predicted molar refractivity (Wildman–Crippen MR) is 106 cm³/mol. The van der Waals surface area contributed by atoms with Crippen LogP contribution in [0.2, 0.25) is 0 Å². The van der Waals surface area contributed by atoms with E-state index in [-0.39, 0.29) is 16.4 Å². The molecule has 2 aliphatic heterocycles. The number of fused-ring (bicyclic) bond motifs is 2. The summed E-state index contributed by atoms with van der Waals surface area (Å²) < 4.78 is 0. The first-order valence-corrected chi connectivity index (χ1v) is 9.39. The molecule has 2 aromatic rings. The lowest BCUT2D eigenvalue weighted by atomic mass is 10.1. The second-order valence-corrected chi connectivity index (χ2v) is 7.41. The molecule has 8 heteroatoms. The molecule has 4 rings (SSSR count). The number of hydrogen-bond donors (Lipinski definition) is 2. The van der Waals surface area contributed by atoms with Crippen molar-refractivity contribution in [1.82, 2.24) is 14.9 Å². The standard InChI is InChI=1S/C20H23N5O3/c1-11-9-14-16(10-12(11)2)25(8-7-24-6-4-5-15(24)20(27)28)18-17(23-14)19(26)22-13(3)21-18/h9-10,15H,3-8H2,1-2H3,(H,22,26)(H,27,28)/t15-/m0/s1. The van der Waals surface area contributed by atoms with Crippen molar-refractivity contribution in [2.24, 2.45) is 4.99 Å². The van der Waals surface area contributed by atoms with Gasteiger partial charge in [0.05, 0.1) is 11.4 Å². The second-order valence-electron chi connectivity index (χ2n) is 7.41. The number of likely N-dealkylation sites (tertiary alicyclic amines) is 1. The molecule has 0 radical (unpaired) electrons. The van der Waals surface area contributed by atoms with Gasteiger partial charge in [0.2, 0.25) is 0 Å². The number of nitrogens with zero attached hydrogens (tertiary/aromatic N) is 4. The molecule has 2 N–H and O–H groups in total. The number of aryl methyl sites for hydroxylation is 2. The average molecular weight is 381 g/mol. The Balaban J connectivity index is 1.77. The molecule has 146 valence electrons. The van der Waals surface area contributed by atoms with E-state index in [2.05, 4.69) is 21.5 Å². The fourth-order valence-electron chi connectivity index (χ4n) is 3.94. The minimum atomic E-state index is -0.784. The van der Waals surface area contributed by atoms with Crippen LogP contribution in [0.5, 0.6) is 0 Å². The van der Waals surface area contributed by atoms with Gasteiger partial charge in [0.1, 0.15) is 11.5 Å². The third-order valence-electron chi connectivity index (χ3n) is 5.55. The highest BCUT2D eigenvalue weighted by atomic mass is 16.4. The highest BCUT2D eigenvalue weighted by Crippen LogP contribution is 2.36. The zero-order valence-electron chi connectivity index (χ0n) is 16.0. The summed E-state index contributed by atoms with van der Waals surface area (Å²) in [6.45, 7) is 9.63. The summed E-state index contributed by atoms with van der Waals surface area (Å²) in [4.78, 5) is 39.5. The van der Waals surface area contributed by atoms with Gasteiger partial charge in [-0.05, 0) is 56.5 Å². The van der Waals surface area contributed by atoms with Crippen molar-refractivity contribution in [2.45, 2.75) is 32.7 Å². The zero-order valence-corrected chi connectivity index (χ0v) is 16.0. The molecular weight excluding hydrogens is 358 g/mol. The molecule has 1 aromatic heterocycles. The molecule has 1 fully saturated rings. The maximum Gasteiger partial charge on any atom is 0.320 e. The summed E-state index contributed by atoms with van der Waals surface area (Å²) in [7, 11) is 0. The SMILES string of the molecule is C=c1nc2c(c(=O)[nH]1)=Nc1cc(C)c(C)cc1N2CCN1CCC[C@H]1C(=O)O. The van der Waals surface area contributed by atoms with E-state index in [1.807, 2.05) is 35.8 Å². The lowest BCUT2D eigenvalue weighted by Crippen LogP contribution is -2.45. The molecule has 1 atom stereocenters. The van der Waals surface area contributed by atoms with Gasteiger partial charge < -0.3 is 15.0 Å². The number of carboxylic acids is 1. The largest absolute Gasteiger partial charge is 0.480 e. The molecular formula is C20H23N5O3. The molecule has 1 saturated heterocycles. The number of carboxylic acid groups (broad SMARTS) is 1. The molecule has 3 heterocycles. The van der Waals surface area contributed by atoms with E-state index in [0.717, 1.165) is 35.5 Å². The first-order valence-electron chi connectivity index (χ1n) is 9.39. The monoisotopic (exact) mass is 381 g/mol. The Morgan fingerprint density at radius 3 is 2.82 bits per heavy atom. The lowest BCUT2D eigenvalue weighted by Gasteiger charge is -2.31. The van der Waals surface area contributed by atoms with Crippen LogP contribution in [-0.2, 0) is 4.79 Å². The van der Waals surface area contributed by atoms with Gasteiger partial charge in [-0.3, -0.25) is 14.5 Å². The number of aromatic amines is 1. The number of nitrogens with one attached hydrogen (secondary N) is 1. The van der Waals surface area contributed by atoms with Gasteiger partial charge in [0.25, 0.3) is 5.56 Å². The molecule has 8 nitrogen and oxygen atoms in total. The second kappa shape index (κ2) is 6.87. The van der Waals surface area contributed by atoms with Crippen LogP contribution in [0.3, 0.4) is 0 Å². The number of aliphatic carboxylic acids is 1. The summed E-state index contributed by atoms with van der Waals surface area (Å²) in [5, 5.41) is 9.70. The van der Waals surface area contributed by atoms with Gasteiger partial charge in [0, 0.05) is 13.1 Å². The van der Waals surface area contributed by atoms with Crippen LogP contribution in [-0.4, -0.2) is 51.6 Å². The maximum atomic E-state index is 12.4. The number of hydrogen-bond acceptors (Lipinski definition) is 6. The van der Waals surface area contributed by atoms with E-state index in [9.17, 15) is 14.7 Å². The van der Waals surface area contributed by atoms with Crippen molar-refractivity contribution < 1.29 is 9.90 Å². The molecule has 0 spiro atoms. The van der Waals surface area contributed by atoms with Crippen molar-refractivity contribution in [2.75, 3.05) is 24.5 Å². The van der Waals surface area contributed by atoms with Crippen molar-refractivity contribution in [1.29, 1.82) is 0 Å². The Kier molecular flexibility index (Phi) is 4.50. The number of rotatable bonds is 4. The molecule has 0 unspecified atom stereocenters. The molecule has 0 aliphatic carbocycles. The van der Waals surface area contributed by atoms with Crippen molar-refractivity contribution in [3.05, 3.63) is 44.5 Å². The van der Waals surface area contributed by atoms with E-state index in [1.165, 1.54) is 0 Å². The minimum Gasteiger partial charge on any atom is -0.480 e. The Hall–Kier alpha value is -3.00. The number of aromatic nitrogens is 2. The van der Waals surface area contributed by atoms with Crippen LogP contribution < -0.4 is 21.3 Å². The van der Waals surface area contributed by atoms with Crippen LogP contribution in [0.25, 0.3) is 6.58 Å². The Labute approximate surface area is 161 Å². The van der Waals surface area contributed by atoms with Crippen molar-refractivity contribution >= 4 is 29.7 Å². The van der Waals surface area contributed by atoms with Gasteiger partial charge >= 0.3 is 5.97 Å². The van der Waals surface area contributed by atoms with E-state index >= 15 is 0 Å². The first-order chi connectivity index (χ1) is 13.3. The van der Waals surface area contributed by atoms with Gasteiger partial charge in [-0.25, -0.2) is 9.98 Å². The van der Waals surface area contributed by atoms with Gasteiger partial charge in [-0.1, -0.05) is 6.58 Å². The molecule has 0 bridgehead atoms. The minimum absolute atomic E-state index is 0.263. The number of H-pyrrole nitrogens is 1. The van der Waals surface area contributed by atoms with Gasteiger partial charge in [-0.15, -0.1) is 0 Å². The molecule has 0 amide bonds. The van der Waals surface area contributed by atoms with E-state index < -0.39 is 12.0 Å². The normalized spacial score (nSPS) is 18.5. The van der Waals surface area contributed by atoms with Crippen molar-refractivity contribution in [3.63, 3.8) is 0 Å². The fraction of sp³-hybridized carbons (Fsp3) is 0.400. The summed E-state index contributed by atoms with van der Waals surface area (Å²) in [5.74, 6) is -0.316. The average Bonchev–Trinajstić information content (AvgIpc) is 3.10. The summed E-state index contributed by atoms with van der Waals surface area (Å²) in [5.41, 5.74) is 3.76. The van der Waals surface area contributed by atoms with Crippen molar-refractivity contribution in [3.8, 4) is 0 Å². The summed E-state index contributed by atoms with van der Waals surface area (Å²) >= 11 is 0. The topological polar surface area (TPSA) is 102 Å². The Morgan fingerprint density at radius 1 is 1.32 bits per heavy atom. The number of anilines is 2. The predicted octanol–water partition coefficient (Wildman–Crippen LogP) is 0.749. The highest BCUT2D eigenvalue weighted by Gasteiger charge is 2.31.